The molecular weight excluding hydrogens is 434 g/mol. The van der Waals surface area contributed by atoms with Crippen LogP contribution >= 0.6 is 27.7 Å². The van der Waals surface area contributed by atoms with Gasteiger partial charge in [-0.05, 0) is 31.5 Å². The first-order chi connectivity index (χ1) is 12.9. The van der Waals surface area contributed by atoms with E-state index in [0.29, 0.717) is 24.5 Å². The van der Waals surface area contributed by atoms with Gasteiger partial charge in [0.15, 0.2) is 0 Å². The van der Waals surface area contributed by atoms with Gasteiger partial charge >= 0.3 is 12.0 Å². The van der Waals surface area contributed by atoms with Crippen molar-refractivity contribution < 1.29 is 19.1 Å². The number of carbonyl (C=O) groups excluding carboxylic acids is 3. The third-order valence-corrected chi connectivity index (χ3v) is 6.37. The lowest BCUT2D eigenvalue weighted by atomic mass is 9.92. The van der Waals surface area contributed by atoms with Crippen molar-refractivity contribution in [2.75, 3.05) is 31.3 Å². The third kappa shape index (κ3) is 4.00. The topological polar surface area (TPSA) is 79.0 Å². The van der Waals surface area contributed by atoms with Crippen molar-refractivity contribution in [2.24, 2.45) is 0 Å². The summed E-state index contributed by atoms with van der Waals surface area (Å²) >= 11 is 5.04. The number of thioether (sulfide) groups is 1. The normalized spacial score (nSPS) is 26.2. The molecule has 2 aliphatic heterocycles. The lowest BCUT2D eigenvalue weighted by molar-refractivity contribution is -0.150. The molecule has 0 radical (unpaired) electrons. The monoisotopic (exact) mass is 455 g/mol. The first-order valence-corrected chi connectivity index (χ1v) is 10.7. The van der Waals surface area contributed by atoms with Crippen molar-refractivity contribution in [2.45, 2.75) is 25.4 Å². The molecule has 1 N–H and O–H groups in total. The summed E-state index contributed by atoms with van der Waals surface area (Å²) in [6.07, 6.45) is 0. The number of imide groups is 1. The highest BCUT2D eigenvalue weighted by Gasteiger charge is 2.50. The van der Waals surface area contributed by atoms with Crippen LogP contribution in [0.4, 0.5) is 4.79 Å². The van der Waals surface area contributed by atoms with Crippen LogP contribution in [0, 0.1) is 0 Å². The molecular formula is C18H22BrN3O4S. The number of esters is 1. The van der Waals surface area contributed by atoms with Crippen LogP contribution in [-0.2, 0) is 19.9 Å². The zero-order valence-corrected chi connectivity index (χ0v) is 17.6. The molecule has 0 aromatic heterocycles. The lowest BCUT2D eigenvalue weighted by Crippen LogP contribution is -2.53. The van der Waals surface area contributed by atoms with Crippen LogP contribution in [0.5, 0.6) is 0 Å². The molecule has 3 amide bonds. The van der Waals surface area contributed by atoms with E-state index in [9.17, 15) is 14.4 Å². The van der Waals surface area contributed by atoms with Gasteiger partial charge in [-0.1, -0.05) is 28.1 Å². The van der Waals surface area contributed by atoms with Gasteiger partial charge in [-0.15, -0.1) is 0 Å². The van der Waals surface area contributed by atoms with Crippen molar-refractivity contribution in [1.82, 2.24) is 15.1 Å². The number of hydrogen-bond acceptors (Lipinski definition) is 6. The van der Waals surface area contributed by atoms with Gasteiger partial charge in [0.2, 0.25) is 0 Å². The Hall–Kier alpha value is -1.58. The minimum Gasteiger partial charge on any atom is -0.465 e. The third-order valence-electron chi connectivity index (χ3n) is 4.82. The molecule has 3 rings (SSSR count). The summed E-state index contributed by atoms with van der Waals surface area (Å²) in [5.74, 6) is 0.791. The molecule has 2 heterocycles. The largest absolute Gasteiger partial charge is 0.465 e. The maximum atomic E-state index is 13.1. The lowest BCUT2D eigenvalue weighted by Gasteiger charge is -2.35. The number of carbonyl (C=O) groups is 3. The summed E-state index contributed by atoms with van der Waals surface area (Å²) in [6.45, 7) is 4.45. The maximum Gasteiger partial charge on any atom is 0.326 e. The highest BCUT2D eigenvalue weighted by Crippen LogP contribution is 2.30. The van der Waals surface area contributed by atoms with Gasteiger partial charge in [-0.3, -0.25) is 14.5 Å². The number of benzene rings is 1. The summed E-state index contributed by atoms with van der Waals surface area (Å²) in [4.78, 5) is 40.9. The van der Waals surface area contributed by atoms with Gasteiger partial charge in [-0.25, -0.2) is 9.69 Å². The number of amides is 3. The van der Waals surface area contributed by atoms with Crippen LogP contribution in [0.3, 0.4) is 0 Å². The molecule has 146 valence electrons. The van der Waals surface area contributed by atoms with Gasteiger partial charge in [0, 0.05) is 22.5 Å². The molecule has 0 aliphatic carbocycles. The number of halogens is 1. The van der Waals surface area contributed by atoms with Gasteiger partial charge in [0.1, 0.15) is 11.6 Å². The highest BCUT2D eigenvalue weighted by atomic mass is 79.9. The molecule has 27 heavy (non-hydrogen) atoms. The van der Waals surface area contributed by atoms with Crippen LogP contribution in [-0.4, -0.2) is 65.1 Å². The van der Waals surface area contributed by atoms with Crippen molar-refractivity contribution in [1.29, 1.82) is 0 Å². The zero-order valence-electron chi connectivity index (χ0n) is 15.2. The molecule has 2 unspecified atom stereocenters. The standard InChI is InChI=1S/C18H22BrN3O4S/c1-3-26-15(23)14-10-27-9-8-21(14)11-22-16(24)18(2,20-17(22)25)12-4-6-13(19)7-5-12/h4-7,14H,3,8-11H2,1-2H3,(H,20,25). The van der Waals surface area contributed by atoms with Crippen molar-refractivity contribution >= 4 is 45.6 Å². The summed E-state index contributed by atoms with van der Waals surface area (Å²) in [7, 11) is 0. The van der Waals surface area contributed by atoms with Crippen LogP contribution in [0.1, 0.15) is 19.4 Å². The smallest absolute Gasteiger partial charge is 0.326 e. The molecule has 0 saturated carbocycles. The first kappa shape index (κ1) is 20.2. The van der Waals surface area contributed by atoms with E-state index < -0.39 is 17.6 Å². The van der Waals surface area contributed by atoms with Gasteiger partial charge in [-0.2, -0.15) is 11.8 Å². The van der Waals surface area contributed by atoms with E-state index in [-0.39, 0.29) is 18.5 Å². The maximum absolute atomic E-state index is 13.1. The van der Waals surface area contributed by atoms with Crippen LogP contribution in [0.25, 0.3) is 0 Å². The molecule has 1 aromatic rings. The van der Waals surface area contributed by atoms with E-state index in [2.05, 4.69) is 21.2 Å². The Morgan fingerprint density at radius 3 is 2.74 bits per heavy atom. The Balaban J connectivity index is 1.78. The number of urea groups is 1. The number of nitrogens with one attached hydrogen (secondary N) is 1. The van der Waals surface area contributed by atoms with Gasteiger partial charge < -0.3 is 10.1 Å². The van der Waals surface area contributed by atoms with E-state index in [1.807, 2.05) is 29.2 Å². The summed E-state index contributed by atoms with van der Waals surface area (Å²) in [5, 5.41) is 2.80. The number of nitrogens with zero attached hydrogens (tertiary/aromatic N) is 2. The molecule has 7 nitrogen and oxygen atoms in total. The first-order valence-electron chi connectivity index (χ1n) is 8.75. The molecule has 2 saturated heterocycles. The molecule has 2 fully saturated rings. The van der Waals surface area contributed by atoms with E-state index >= 15 is 0 Å². The second-order valence-corrected chi connectivity index (χ2v) is 8.66. The summed E-state index contributed by atoms with van der Waals surface area (Å²) in [5.41, 5.74) is -0.412. The van der Waals surface area contributed by atoms with Gasteiger partial charge in [0.05, 0.1) is 13.3 Å². The zero-order chi connectivity index (χ0) is 19.6. The predicted octanol–water partition coefficient (Wildman–Crippen LogP) is 2.15. The molecule has 0 spiro atoms. The Morgan fingerprint density at radius 1 is 1.37 bits per heavy atom. The van der Waals surface area contributed by atoms with Crippen molar-refractivity contribution in [3.05, 3.63) is 34.3 Å². The summed E-state index contributed by atoms with van der Waals surface area (Å²) in [6, 6.07) is 6.38. The Labute approximate surface area is 170 Å². The Morgan fingerprint density at radius 2 is 2.07 bits per heavy atom. The highest BCUT2D eigenvalue weighted by molar-refractivity contribution is 9.10. The number of ether oxygens (including phenoxy) is 1. The molecule has 1 aromatic carbocycles. The fourth-order valence-electron chi connectivity index (χ4n) is 3.25. The Bertz CT molecular complexity index is 745. The average Bonchev–Trinajstić information content (AvgIpc) is 2.87. The molecule has 9 heteroatoms. The fraction of sp³-hybridized carbons (Fsp3) is 0.500. The summed E-state index contributed by atoms with van der Waals surface area (Å²) < 4.78 is 6.04. The van der Waals surface area contributed by atoms with Crippen LogP contribution in [0.2, 0.25) is 0 Å². The van der Waals surface area contributed by atoms with E-state index in [4.69, 9.17) is 4.74 Å². The second-order valence-electron chi connectivity index (χ2n) is 6.59. The molecule has 2 aliphatic rings. The fourth-order valence-corrected chi connectivity index (χ4v) is 4.61. The predicted molar refractivity (Wildman–Crippen MR) is 106 cm³/mol. The number of hydrogen-bond donors (Lipinski definition) is 1. The SMILES string of the molecule is CCOC(=O)C1CSCCN1CN1C(=O)NC(C)(c2ccc(Br)cc2)C1=O. The van der Waals surface area contributed by atoms with Crippen LogP contribution < -0.4 is 5.32 Å². The Kier molecular flexibility index (Phi) is 6.12. The van der Waals surface area contributed by atoms with E-state index in [1.165, 1.54) is 4.90 Å². The second kappa shape index (κ2) is 8.20. The quantitative estimate of drug-likeness (QED) is 0.541. The van der Waals surface area contributed by atoms with Gasteiger partial charge in [0.25, 0.3) is 5.91 Å². The van der Waals surface area contributed by atoms with E-state index in [0.717, 1.165) is 10.2 Å². The van der Waals surface area contributed by atoms with Crippen molar-refractivity contribution in [3.8, 4) is 0 Å². The molecule has 2 atom stereocenters. The van der Waals surface area contributed by atoms with Crippen LogP contribution in [0.15, 0.2) is 28.7 Å². The minimum atomic E-state index is -1.12. The van der Waals surface area contributed by atoms with Crippen molar-refractivity contribution in [3.63, 3.8) is 0 Å². The van der Waals surface area contributed by atoms with E-state index in [1.54, 1.807) is 25.6 Å². The number of rotatable bonds is 5. The average molecular weight is 456 g/mol. The minimum absolute atomic E-state index is 0.0703. The molecule has 0 bridgehead atoms.